The monoisotopic (exact) mass is 322 g/mol. The maximum Gasteiger partial charge on any atom is 0.238 e. The van der Waals surface area contributed by atoms with Crippen LogP contribution in [0.5, 0.6) is 0 Å². The van der Waals surface area contributed by atoms with Gasteiger partial charge in [-0.15, -0.1) is 0 Å². The first-order valence-corrected chi connectivity index (χ1v) is 9.24. The lowest BCUT2D eigenvalue weighted by atomic mass is 9.75. The highest BCUT2D eigenvalue weighted by molar-refractivity contribution is 7.89. The van der Waals surface area contributed by atoms with E-state index in [4.69, 9.17) is 0 Å². The molecule has 0 radical (unpaired) electrons. The second kappa shape index (κ2) is 5.06. The quantitative estimate of drug-likeness (QED) is 0.829. The summed E-state index contributed by atoms with van der Waals surface area (Å²) in [4.78, 5) is 14.4. The van der Waals surface area contributed by atoms with Crippen LogP contribution in [0, 0.1) is 0 Å². The molecule has 6 heteroatoms. The molecule has 2 aliphatic heterocycles. The summed E-state index contributed by atoms with van der Waals surface area (Å²) in [6.45, 7) is 6.83. The Morgan fingerprint density at radius 3 is 2.64 bits per heavy atom. The second-order valence-corrected chi connectivity index (χ2v) is 8.96. The number of benzene rings is 1. The molecule has 0 aliphatic carbocycles. The van der Waals surface area contributed by atoms with Gasteiger partial charge in [0.05, 0.1) is 18.3 Å². The van der Waals surface area contributed by atoms with E-state index in [1.165, 1.54) is 9.87 Å². The molecule has 0 spiro atoms. The van der Waals surface area contributed by atoms with Crippen LogP contribution >= 0.6 is 0 Å². The summed E-state index contributed by atoms with van der Waals surface area (Å²) < 4.78 is 25.7. The molecule has 5 nitrogen and oxygen atoms in total. The fourth-order valence-electron chi connectivity index (χ4n) is 3.55. The molecule has 0 bridgehead atoms. The third kappa shape index (κ3) is 2.34. The van der Waals surface area contributed by atoms with Crippen LogP contribution in [0.25, 0.3) is 0 Å². The van der Waals surface area contributed by atoms with Crippen LogP contribution in [0.4, 0.5) is 0 Å². The van der Waals surface area contributed by atoms with Crippen LogP contribution in [0.15, 0.2) is 24.3 Å². The van der Waals surface area contributed by atoms with E-state index >= 15 is 0 Å². The van der Waals surface area contributed by atoms with E-state index in [0.29, 0.717) is 13.1 Å². The SMILES string of the molecule is CCS(=O)(=O)N1CC(=O)N2CC(C)(C)c3ccccc3C2C1. The Bertz CT molecular complexity index is 712. The number of rotatable bonds is 2. The topological polar surface area (TPSA) is 57.7 Å². The van der Waals surface area contributed by atoms with Gasteiger partial charge in [-0.3, -0.25) is 4.79 Å². The molecule has 0 aromatic heterocycles. The van der Waals surface area contributed by atoms with Crippen LogP contribution in [-0.4, -0.2) is 48.9 Å². The zero-order chi connectivity index (χ0) is 16.1. The van der Waals surface area contributed by atoms with Crippen LogP contribution < -0.4 is 0 Å². The normalized spacial score (nSPS) is 24.8. The Morgan fingerprint density at radius 2 is 1.95 bits per heavy atom. The number of carbonyl (C=O) groups is 1. The molecule has 0 N–H and O–H groups in total. The smallest absolute Gasteiger partial charge is 0.238 e. The second-order valence-electron chi connectivity index (χ2n) is 6.70. The molecule has 3 rings (SSSR count). The van der Waals surface area contributed by atoms with Gasteiger partial charge in [-0.2, -0.15) is 4.31 Å². The van der Waals surface area contributed by atoms with Crippen molar-refractivity contribution in [2.24, 2.45) is 0 Å². The van der Waals surface area contributed by atoms with E-state index in [-0.39, 0.29) is 29.7 Å². The lowest BCUT2D eigenvalue weighted by Crippen LogP contribution is -2.58. The molecule has 1 aromatic carbocycles. The highest BCUT2D eigenvalue weighted by atomic mass is 32.2. The summed E-state index contributed by atoms with van der Waals surface area (Å²) >= 11 is 0. The molecule has 22 heavy (non-hydrogen) atoms. The van der Waals surface area contributed by atoms with Gasteiger partial charge < -0.3 is 4.90 Å². The molecule has 1 fully saturated rings. The molecule has 120 valence electrons. The van der Waals surface area contributed by atoms with Gasteiger partial charge in [0.1, 0.15) is 0 Å². The molecule has 2 aliphatic rings. The van der Waals surface area contributed by atoms with Crippen LogP contribution in [0.3, 0.4) is 0 Å². The minimum Gasteiger partial charge on any atom is -0.332 e. The zero-order valence-electron chi connectivity index (χ0n) is 13.2. The summed E-state index contributed by atoms with van der Waals surface area (Å²) in [5.74, 6) is -0.0731. The summed E-state index contributed by atoms with van der Waals surface area (Å²) in [5.41, 5.74) is 2.16. The maximum absolute atomic E-state index is 12.5. The van der Waals surface area contributed by atoms with E-state index < -0.39 is 10.0 Å². The molecule has 1 aromatic rings. The largest absolute Gasteiger partial charge is 0.332 e. The number of piperazine rings is 1. The van der Waals surface area contributed by atoms with E-state index in [2.05, 4.69) is 19.9 Å². The van der Waals surface area contributed by atoms with E-state index in [9.17, 15) is 13.2 Å². The molecule has 1 atom stereocenters. The summed E-state index contributed by atoms with van der Waals surface area (Å²) in [7, 11) is -3.35. The predicted octanol–water partition coefficient (Wildman–Crippen LogP) is 1.51. The van der Waals surface area contributed by atoms with Gasteiger partial charge in [0.25, 0.3) is 0 Å². The number of fused-ring (bicyclic) bond motifs is 3. The highest BCUT2D eigenvalue weighted by Gasteiger charge is 2.45. The van der Waals surface area contributed by atoms with Crippen molar-refractivity contribution in [2.75, 3.05) is 25.4 Å². The molecule has 1 unspecified atom stereocenters. The first kappa shape index (κ1) is 15.5. The predicted molar refractivity (Wildman–Crippen MR) is 85.0 cm³/mol. The molecule has 0 saturated carbocycles. The number of amides is 1. The van der Waals surface area contributed by atoms with Gasteiger partial charge in [-0.05, 0) is 18.1 Å². The van der Waals surface area contributed by atoms with Gasteiger partial charge in [-0.1, -0.05) is 38.1 Å². The first-order valence-electron chi connectivity index (χ1n) is 7.63. The highest BCUT2D eigenvalue weighted by Crippen LogP contribution is 2.41. The van der Waals surface area contributed by atoms with Crippen molar-refractivity contribution in [1.82, 2.24) is 9.21 Å². The van der Waals surface area contributed by atoms with Crippen molar-refractivity contribution in [1.29, 1.82) is 0 Å². The Labute approximate surface area is 132 Å². The minimum absolute atomic E-state index is 0.0279. The van der Waals surface area contributed by atoms with Gasteiger partial charge in [0.2, 0.25) is 15.9 Å². The van der Waals surface area contributed by atoms with Gasteiger partial charge in [-0.25, -0.2) is 8.42 Å². The summed E-state index contributed by atoms with van der Waals surface area (Å²) in [5, 5.41) is 0. The molecule has 1 saturated heterocycles. The van der Waals surface area contributed by atoms with Crippen molar-refractivity contribution in [2.45, 2.75) is 32.2 Å². The lowest BCUT2D eigenvalue weighted by molar-refractivity contribution is -0.139. The number of nitrogens with zero attached hydrogens (tertiary/aromatic N) is 2. The maximum atomic E-state index is 12.5. The zero-order valence-corrected chi connectivity index (χ0v) is 14.1. The standard InChI is InChI=1S/C16H22N2O3S/c1-4-22(20,21)17-9-14-12-7-5-6-8-13(12)16(2,3)11-18(14)15(19)10-17/h5-8,14H,4,9-11H2,1-3H3. The number of sulfonamides is 1. The Balaban J connectivity index is 2.05. The minimum atomic E-state index is -3.35. The third-order valence-corrected chi connectivity index (χ3v) is 6.55. The fourth-order valence-corrected chi connectivity index (χ4v) is 4.59. The van der Waals surface area contributed by atoms with Gasteiger partial charge >= 0.3 is 0 Å². The van der Waals surface area contributed by atoms with Crippen LogP contribution in [-0.2, 0) is 20.2 Å². The lowest BCUT2D eigenvalue weighted by Gasteiger charge is -2.49. The van der Waals surface area contributed by atoms with Crippen molar-refractivity contribution >= 4 is 15.9 Å². The van der Waals surface area contributed by atoms with Crippen molar-refractivity contribution in [3.63, 3.8) is 0 Å². The van der Waals surface area contributed by atoms with Crippen LogP contribution in [0.2, 0.25) is 0 Å². The van der Waals surface area contributed by atoms with Crippen molar-refractivity contribution in [3.05, 3.63) is 35.4 Å². The van der Waals surface area contributed by atoms with Crippen LogP contribution in [0.1, 0.15) is 37.9 Å². The summed E-state index contributed by atoms with van der Waals surface area (Å²) in [6.07, 6.45) is 0. The summed E-state index contributed by atoms with van der Waals surface area (Å²) in [6, 6.07) is 7.89. The molecule has 1 amide bonds. The number of hydrogen-bond donors (Lipinski definition) is 0. The third-order valence-electron chi connectivity index (χ3n) is 4.76. The number of hydrogen-bond acceptors (Lipinski definition) is 3. The molecule has 2 heterocycles. The van der Waals surface area contributed by atoms with Crippen molar-refractivity contribution < 1.29 is 13.2 Å². The first-order chi connectivity index (χ1) is 10.3. The Hall–Kier alpha value is -1.40. The average molecular weight is 322 g/mol. The number of carbonyl (C=O) groups excluding carboxylic acids is 1. The molecular formula is C16H22N2O3S. The van der Waals surface area contributed by atoms with E-state index in [1.807, 2.05) is 23.1 Å². The van der Waals surface area contributed by atoms with E-state index in [1.54, 1.807) is 6.92 Å². The average Bonchev–Trinajstić information content (AvgIpc) is 2.48. The van der Waals surface area contributed by atoms with Crippen molar-refractivity contribution in [3.8, 4) is 0 Å². The van der Waals surface area contributed by atoms with E-state index in [0.717, 1.165) is 5.56 Å². The fraction of sp³-hybridized carbons (Fsp3) is 0.562. The Morgan fingerprint density at radius 1 is 1.27 bits per heavy atom. The molecular weight excluding hydrogens is 300 g/mol. The Kier molecular flexibility index (Phi) is 3.57. The van der Waals surface area contributed by atoms with Gasteiger partial charge in [0.15, 0.2) is 0 Å². The van der Waals surface area contributed by atoms with Gasteiger partial charge in [0, 0.05) is 18.5 Å².